The van der Waals surface area contributed by atoms with E-state index < -0.39 is 0 Å². The highest BCUT2D eigenvalue weighted by Gasteiger charge is 2.15. The zero-order valence-electron chi connectivity index (χ0n) is 12.8. The number of ether oxygens (including phenoxy) is 1. The van der Waals surface area contributed by atoms with E-state index in [9.17, 15) is 9.90 Å². The van der Waals surface area contributed by atoms with E-state index >= 15 is 0 Å². The first-order chi connectivity index (χ1) is 10.7. The molecule has 4 nitrogen and oxygen atoms in total. The van der Waals surface area contributed by atoms with Gasteiger partial charge in [-0.1, -0.05) is 34.1 Å². The summed E-state index contributed by atoms with van der Waals surface area (Å²) >= 11 is 0. The van der Waals surface area contributed by atoms with Crippen molar-refractivity contribution in [3.8, 4) is 11.5 Å². The Morgan fingerprint density at radius 2 is 2.32 bits per heavy atom. The van der Waals surface area contributed by atoms with Gasteiger partial charge in [0.25, 0.3) is 0 Å². The van der Waals surface area contributed by atoms with Crippen molar-refractivity contribution in [2.45, 2.75) is 43.9 Å². The molecule has 22 heavy (non-hydrogen) atoms. The molecule has 1 aromatic carbocycles. The van der Waals surface area contributed by atoms with E-state index in [0.717, 1.165) is 23.7 Å². The van der Waals surface area contributed by atoms with Crippen LogP contribution < -0.4 is 10.1 Å². The molecule has 1 fully saturated rings. The van der Waals surface area contributed by atoms with Gasteiger partial charge in [-0.2, -0.15) is 0 Å². The highest BCUT2D eigenvalue weighted by atomic mass is 33.1. The lowest BCUT2D eigenvalue weighted by Crippen LogP contribution is -2.22. The van der Waals surface area contributed by atoms with Crippen molar-refractivity contribution in [3.05, 3.63) is 23.8 Å². The van der Waals surface area contributed by atoms with Gasteiger partial charge in [0, 0.05) is 24.0 Å². The lowest BCUT2D eigenvalue weighted by molar-refractivity contribution is -0.121. The molecule has 1 saturated heterocycles. The summed E-state index contributed by atoms with van der Waals surface area (Å²) in [5.74, 6) is 1.88. The highest BCUT2D eigenvalue weighted by molar-refractivity contribution is 8.77. The molecule has 122 valence electrons. The third-order valence-corrected chi connectivity index (χ3v) is 6.65. The van der Waals surface area contributed by atoms with Crippen LogP contribution in [0.2, 0.25) is 0 Å². The van der Waals surface area contributed by atoms with Crippen LogP contribution in [0.1, 0.15) is 37.7 Å². The number of carbonyl (C=O) groups is 1. The molecular weight excluding hydrogens is 318 g/mol. The lowest BCUT2D eigenvalue weighted by atomic mass is 10.1. The minimum absolute atomic E-state index is 0.0729. The van der Waals surface area contributed by atoms with Gasteiger partial charge in [-0.15, -0.1) is 0 Å². The average molecular weight is 341 g/mol. The maximum Gasteiger partial charge on any atom is 0.220 e. The molecule has 0 saturated carbocycles. The number of hydrogen-bond acceptors (Lipinski definition) is 5. The number of nitrogens with one attached hydrogen (secondary N) is 1. The summed E-state index contributed by atoms with van der Waals surface area (Å²) in [4.78, 5) is 11.8. The first kappa shape index (κ1) is 17.3. The fourth-order valence-electron chi connectivity index (χ4n) is 2.36. The van der Waals surface area contributed by atoms with Gasteiger partial charge in [-0.3, -0.25) is 4.79 Å². The number of carbonyl (C=O) groups excluding carboxylic acids is 1. The smallest absolute Gasteiger partial charge is 0.220 e. The highest BCUT2D eigenvalue weighted by Crippen LogP contribution is 2.39. The first-order valence-electron chi connectivity index (χ1n) is 7.60. The van der Waals surface area contributed by atoms with Gasteiger partial charge in [0.2, 0.25) is 5.91 Å². The van der Waals surface area contributed by atoms with Crippen molar-refractivity contribution in [2.24, 2.45) is 0 Å². The molecule has 1 aromatic rings. The number of hydrogen-bond donors (Lipinski definition) is 2. The monoisotopic (exact) mass is 341 g/mol. The van der Waals surface area contributed by atoms with Crippen molar-refractivity contribution in [2.75, 3.05) is 12.9 Å². The van der Waals surface area contributed by atoms with Gasteiger partial charge in [0.05, 0.1) is 7.11 Å². The molecule has 1 atom stereocenters. The Bertz CT molecular complexity index is 490. The van der Waals surface area contributed by atoms with E-state index in [1.165, 1.54) is 25.7 Å². The maximum absolute atomic E-state index is 11.8. The second-order valence-electron chi connectivity index (χ2n) is 5.36. The Balaban J connectivity index is 1.61. The van der Waals surface area contributed by atoms with Crippen molar-refractivity contribution in [1.82, 2.24) is 5.32 Å². The summed E-state index contributed by atoms with van der Waals surface area (Å²) < 4.78 is 4.99. The number of phenols is 1. The number of amides is 1. The van der Waals surface area contributed by atoms with Gasteiger partial charge in [0.1, 0.15) is 0 Å². The van der Waals surface area contributed by atoms with Crippen LogP contribution in [0.25, 0.3) is 0 Å². The first-order valence-corrected chi connectivity index (χ1v) is 9.98. The molecule has 1 heterocycles. The van der Waals surface area contributed by atoms with Crippen LogP contribution >= 0.6 is 21.6 Å². The third kappa shape index (κ3) is 5.65. The molecule has 1 amide bonds. The van der Waals surface area contributed by atoms with E-state index in [4.69, 9.17) is 4.74 Å². The predicted molar refractivity (Wildman–Crippen MR) is 93.4 cm³/mol. The molecule has 2 N–H and O–H groups in total. The Morgan fingerprint density at radius 1 is 1.45 bits per heavy atom. The second kappa shape index (κ2) is 9.20. The summed E-state index contributed by atoms with van der Waals surface area (Å²) in [5, 5.41) is 13.4. The number of methoxy groups -OCH3 is 1. The largest absolute Gasteiger partial charge is 0.504 e. The van der Waals surface area contributed by atoms with E-state index in [1.807, 2.05) is 27.7 Å². The summed E-state index contributed by atoms with van der Waals surface area (Å²) in [6.07, 6.45) is 5.17. The molecule has 0 spiro atoms. The minimum Gasteiger partial charge on any atom is -0.504 e. The number of phenolic OH excluding ortho intramolecular Hbond substituents is 1. The van der Waals surface area contributed by atoms with Gasteiger partial charge in [-0.05, 0) is 37.0 Å². The summed E-state index contributed by atoms with van der Waals surface area (Å²) in [7, 11) is 5.47. The van der Waals surface area contributed by atoms with Gasteiger partial charge >= 0.3 is 0 Å². The predicted octanol–water partition coefficient (Wildman–Crippen LogP) is 3.73. The van der Waals surface area contributed by atoms with Gasteiger partial charge in [0.15, 0.2) is 11.5 Å². The fourth-order valence-corrected chi connectivity index (χ4v) is 5.38. The third-order valence-electron chi connectivity index (χ3n) is 3.64. The fraction of sp³-hybridized carbons (Fsp3) is 0.562. The Morgan fingerprint density at radius 3 is 3.00 bits per heavy atom. The van der Waals surface area contributed by atoms with Crippen LogP contribution in [0.4, 0.5) is 0 Å². The Hall–Kier alpha value is -1.01. The van der Waals surface area contributed by atoms with E-state index in [1.54, 1.807) is 12.1 Å². The quantitative estimate of drug-likeness (QED) is 0.557. The van der Waals surface area contributed by atoms with Crippen molar-refractivity contribution in [1.29, 1.82) is 0 Å². The number of benzene rings is 1. The molecular formula is C16H23NO3S2. The normalized spacial score (nSPS) is 17.4. The Kier molecular flexibility index (Phi) is 7.25. The molecule has 0 radical (unpaired) electrons. The van der Waals surface area contributed by atoms with Crippen LogP contribution in [0.5, 0.6) is 11.5 Å². The molecule has 0 aliphatic carbocycles. The summed E-state index contributed by atoms with van der Waals surface area (Å²) in [5.41, 5.74) is 0.867. The zero-order chi connectivity index (χ0) is 15.8. The van der Waals surface area contributed by atoms with Crippen LogP contribution in [-0.4, -0.2) is 29.1 Å². The van der Waals surface area contributed by atoms with Crippen molar-refractivity contribution < 1.29 is 14.6 Å². The van der Waals surface area contributed by atoms with E-state index in [2.05, 4.69) is 5.32 Å². The lowest BCUT2D eigenvalue weighted by Gasteiger charge is -2.09. The van der Waals surface area contributed by atoms with Gasteiger partial charge in [-0.25, -0.2) is 0 Å². The molecule has 1 aliphatic rings. The van der Waals surface area contributed by atoms with E-state index in [-0.39, 0.29) is 11.7 Å². The molecule has 6 heteroatoms. The molecule has 1 aliphatic heterocycles. The Labute approximate surface area is 139 Å². The number of unbranched alkanes of at least 4 members (excludes halogenated alkanes) is 1. The number of aromatic hydroxyl groups is 1. The molecule has 2 rings (SSSR count). The summed E-state index contributed by atoms with van der Waals surface area (Å²) in [6, 6.07) is 5.16. The topological polar surface area (TPSA) is 58.6 Å². The van der Waals surface area contributed by atoms with Gasteiger partial charge < -0.3 is 15.2 Å². The van der Waals surface area contributed by atoms with E-state index in [0.29, 0.717) is 18.7 Å². The number of rotatable bonds is 8. The van der Waals surface area contributed by atoms with Crippen molar-refractivity contribution >= 4 is 27.5 Å². The molecule has 0 bridgehead atoms. The average Bonchev–Trinajstić information content (AvgIpc) is 3.03. The SMILES string of the molecule is COc1ccc(CNC(=O)CCCCC2CCSS2)cc1O. The van der Waals surface area contributed by atoms with Crippen molar-refractivity contribution in [3.63, 3.8) is 0 Å². The summed E-state index contributed by atoms with van der Waals surface area (Å²) in [6.45, 7) is 0.436. The maximum atomic E-state index is 11.8. The van der Waals surface area contributed by atoms with Crippen LogP contribution in [0.15, 0.2) is 18.2 Å². The second-order valence-corrected chi connectivity index (χ2v) is 8.15. The standard InChI is InChI=1S/C16H23NO3S2/c1-20-15-7-6-12(10-14(15)18)11-17-16(19)5-3-2-4-13-8-9-21-22-13/h6-7,10,13,18H,2-5,8-9,11H2,1H3,(H,17,19). The van der Waals surface area contributed by atoms with Crippen LogP contribution in [-0.2, 0) is 11.3 Å². The molecule has 1 unspecified atom stereocenters. The zero-order valence-corrected chi connectivity index (χ0v) is 14.5. The minimum atomic E-state index is 0.0729. The molecule has 0 aromatic heterocycles. The van der Waals surface area contributed by atoms with Crippen LogP contribution in [0, 0.1) is 0 Å². The van der Waals surface area contributed by atoms with Crippen LogP contribution in [0.3, 0.4) is 0 Å².